The molecule has 3 rings (SSSR count). The van der Waals surface area contributed by atoms with Gasteiger partial charge in [-0.15, -0.1) is 10.2 Å². The van der Waals surface area contributed by atoms with E-state index in [1.807, 2.05) is 68.4 Å². The monoisotopic (exact) mass is 438 g/mol. The number of carbonyl (C=O) groups excluding carboxylic acids is 2. The molecule has 0 radical (unpaired) electrons. The average Bonchev–Trinajstić information content (AvgIpc) is 3.22. The maximum atomic E-state index is 13.0. The summed E-state index contributed by atoms with van der Waals surface area (Å²) in [7, 11) is 1.60. The molecule has 2 aromatic carbocycles. The largest absolute Gasteiger partial charge is 0.497 e. The van der Waals surface area contributed by atoms with E-state index in [0.717, 1.165) is 11.1 Å². The van der Waals surface area contributed by atoms with Crippen LogP contribution in [-0.4, -0.2) is 35.2 Å². The summed E-state index contributed by atoms with van der Waals surface area (Å²) in [5, 5.41) is 15.0. The molecule has 0 bridgehead atoms. The molecule has 0 aliphatic rings. The number of rotatable bonds is 9. The van der Waals surface area contributed by atoms with Gasteiger partial charge >= 0.3 is 0 Å². The molecular weight excluding hydrogens is 412 g/mol. The number of aromatic nitrogens is 2. The Kier molecular flexibility index (Phi) is 7.72. The number of carbonyl (C=O) groups is 2. The summed E-state index contributed by atoms with van der Waals surface area (Å²) in [5.74, 6) is 0.442. The van der Waals surface area contributed by atoms with Crippen LogP contribution in [0.1, 0.15) is 25.8 Å². The normalized spacial score (nSPS) is 11.7. The second kappa shape index (κ2) is 10.7. The van der Waals surface area contributed by atoms with Crippen LogP contribution in [0.15, 0.2) is 54.6 Å². The van der Waals surface area contributed by atoms with Gasteiger partial charge in [0.2, 0.25) is 16.9 Å². The fourth-order valence-electron chi connectivity index (χ4n) is 3.02. The van der Waals surface area contributed by atoms with Gasteiger partial charge in [-0.3, -0.25) is 14.9 Å². The number of ether oxygens (including phenoxy) is 1. The van der Waals surface area contributed by atoms with Crippen LogP contribution in [0.25, 0.3) is 10.6 Å². The number of benzene rings is 2. The number of nitrogens with one attached hydrogen (secondary N) is 2. The van der Waals surface area contributed by atoms with Crippen molar-refractivity contribution in [2.45, 2.75) is 32.7 Å². The molecule has 0 aliphatic carbocycles. The van der Waals surface area contributed by atoms with Gasteiger partial charge in [-0.1, -0.05) is 67.6 Å². The Hall–Kier alpha value is -3.26. The number of amides is 2. The molecule has 1 unspecified atom stereocenters. The van der Waals surface area contributed by atoms with Crippen LogP contribution in [0.2, 0.25) is 0 Å². The van der Waals surface area contributed by atoms with Crippen molar-refractivity contribution in [1.29, 1.82) is 0 Å². The summed E-state index contributed by atoms with van der Waals surface area (Å²) < 4.78 is 5.25. The Balaban J connectivity index is 1.73. The predicted molar refractivity (Wildman–Crippen MR) is 122 cm³/mol. The van der Waals surface area contributed by atoms with E-state index in [0.29, 0.717) is 28.7 Å². The van der Waals surface area contributed by atoms with Crippen molar-refractivity contribution in [3.63, 3.8) is 0 Å². The lowest BCUT2D eigenvalue weighted by Crippen LogP contribution is -2.45. The highest BCUT2D eigenvalue weighted by molar-refractivity contribution is 7.18. The fourth-order valence-corrected chi connectivity index (χ4v) is 3.77. The van der Waals surface area contributed by atoms with Gasteiger partial charge in [-0.25, -0.2) is 0 Å². The van der Waals surface area contributed by atoms with Crippen LogP contribution < -0.4 is 15.4 Å². The van der Waals surface area contributed by atoms with Crippen LogP contribution in [0.4, 0.5) is 5.13 Å². The van der Waals surface area contributed by atoms with Gasteiger partial charge in [0, 0.05) is 18.4 Å². The molecule has 162 valence electrons. The lowest BCUT2D eigenvalue weighted by Gasteiger charge is -2.18. The molecule has 0 fully saturated rings. The van der Waals surface area contributed by atoms with Crippen molar-refractivity contribution < 1.29 is 14.3 Å². The highest BCUT2D eigenvalue weighted by atomic mass is 32.1. The van der Waals surface area contributed by atoms with E-state index >= 15 is 0 Å². The first-order chi connectivity index (χ1) is 14.9. The van der Waals surface area contributed by atoms with E-state index in [1.54, 1.807) is 7.11 Å². The zero-order valence-corrected chi connectivity index (χ0v) is 18.6. The van der Waals surface area contributed by atoms with Gasteiger partial charge < -0.3 is 10.1 Å². The number of hydrogen-bond acceptors (Lipinski definition) is 6. The highest BCUT2D eigenvalue weighted by Gasteiger charge is 2.23. The van der Waals surface area contributed by atoms with Crippen molar-refractivity contribution >= 4 is 28.3 Å². The van der Waals surface area contributed by atoms with Crippen LogP contribution in [-0.2, 0) is 16.0 Å². The van der Waals surface area contributed by atoms with Crippen LogP contribution in [0, 0.1) is 5.92 Å². The number of methoxy groups -OCH3 is 1. The zero-order chi connectivity index (χ0) is 22.2. The molecule has 2 amide bonds. The Morgan fingerprint density at radius 1 is 1.06 bits per heavy atom. The maximum absolute atomic E-state index is 13.0. The molecular formula is C23H26N4O3S. The number of anilines is 1. The van der Waals surface area contributed by atoms with Crippen LogP contribution >= 0.6 is 11.3 Å². The van der Waals surface area contributed by atoms with E-state index in [2.05, 4.69) is 20.8 Å². The van der Waals surface area contributed by atoms with E-state index in [1.165, 1.54) is 11.3 Å². The van der Waals surface area contributed by atoms with E-state index in [9.17, 15) is 9.59 Å². The second-order valence-corrected chi connectivity index (χ2v) is 8.52. The van der Waals surface area contributed by atoms with Gasteiger partial charge in [0.25, 0.3) is 0 Å². The topological polar surface area (TPSA) is 93.2 Å². The van der Waals surface area contributed by atoms with Gasteiger partial charge in [0.15, 0.2) is 0 Å². The van der Waals surface area contributed by atoms with E-state index in [4.69, 9.17) is 4.74 Å². The molecule has 2 N–H and O–H groups in total. The molecule has 0 saturated carbocycles. The molecule has 8 heteroatoms. The summed E-state index contributed by atoms with van der Waals surface area (Å²) in [6, 6.07) is 16.4. The Morgan fingerprint density at radius 2 is 1.84 bits per heavy atom. The standard InChI is InChI=1S/C23H26N4O3S/c1-15(2)12-20(28)24-19(13-16-8-5-4-6-9-16)21(29)25-23-27-26-22(31-23)17-10-7-11-18(14-17)30-3/h4-11,14-15,19H,12-13H2,1-3H3,(H,24,28)(H,25,27,29). The molecule has 7 nitrogen and oxygen atoms in total. The van der Waals surface area contributed by atoms with Gasteiger partial charge in [0.1, 0.15) is 16.8 Å². The minimum absolute atomic E-state index is 0.152. The molecule has 3 aromatic rings. The first kappa shape index (κ1) is 22.4. The van der Waals surface area contributed by atoms with Gasteiger partial charge in [0.05, 0.1) is 7.11 Å². The quantitative estimate of drug-likeness (QED) is 0.528. The lowest BCUT2D eigenvalue weighted by atomic mass is 10.0. The Bertz CT molecular complexity index is 1020. The molecule has 1 atom stereocenters. The van der Waals surface area contributed by atoms with Crippen molar-refractivity contribution in [3.05, 3.63) is 60.2 Å². The molecule has 1 heterocycles. The number of nitrogens with zero attached hydrogens (tertiary/aromatic N) is 2. The third kappa shape index (κ3) is 6.62. The van der Waals surface area contributed by atoms with Crippen LogP contribution in [0.3, 0.4) is 0 Å². The molecule has 0 aliphatic heterocycles. The Morgan fingerprint density at radius 3 is 2.55 bits per heavy atom. The summed E-state index contributed by atoms with van der Waals surface area (Å²) >= 11 is 1.26. The summed E-state index contributed by atoms with van der Waals surface area (Å²) in [5.41, 5.74) is 1.81. The van der Waals surface area contributed by atoms with Crippen molar-refractivity contribution in [2.75, 3.05) is 12.4 Å². The lowest BCUT2D eigenvalue weighted by molar-refractivity contribution is -0.127. The van der Waals surface area contributed by atoms with Gasteiger partial charge in [-0.05, 0) is 23.6 Å². The predicted octanol–water partition coefficient (Wildman–Crippen LogP) is 3.93. The first-order valence-corrected chi connectivity index (χ1v) is 10.9. The third-order valence-electron chi connectivity index (χ3n) is 4.50. The second-order valence-electron chi connectivity index (χ2n) is 7.54. The summed E-state index contributed by atoms with van der Waals surface area (Å²) in [4.78, 5) is 25.3. The zero-order valence-electron chi connectivity index (χ0n) is 17.8. The van der Waals surface area contributed by atoms with Crippen molar-refractivity contribution in [1.82, 2.24) is 15.5 Å². The fraction of sp³-hybridized carbons (Fsp3) is 0.304. The maximum Gasteiger partial charge on any atom is 0.249 e. The molecule has 0 spiro atoms. The highest BCUT2D eigenvalue weighted by Crippen LogP contribution is 2.28. The SMILES string of the molecule is COc1cccc(-c2nnc(NC(=O)C(Cc3ccccc3)NC(=O)CC(C)C)s2)c1. The minimum Gasteiger partial charge on any atom is -0.497 e. The minimum atomic E-state index is -0.710. The van der Waals surface area contributed by atoms with E-state index < -0.39 is 6.04 Å². The molecule has 31 heavy (non-hydrogen) atoms. The van der Waals surface area contributed by atoms with Crippen LogP contribution in [0.5, 0.6) is 5.75 Å². The van der Waals surface area contributed by atoms with Crippen molar-refractivity contribution in [2.24, 2.45) is 5.92 Å². The van der Waals surface area contributed by atoms with E-state index in [-0.39, 0.29) is 17.7 Å². The van der Waals surface area contributed by atoms with Crippen molar-refractivity contribution in [3.8, 4) is 16.3 Å². The summed E-state index contributed by atoms with van der Waals surface area (Å²) in [6.07, 6.45) is 0.745. The average molecular weight is 439 g/mol. The Labute approximate surface area is 185 Å². The summed E-state index contributed by atoms with van der Waals surface area (Å²) in [6.45, 7) is 3.93. The molecule has 1 aromatic heterocycles. The first-order valence-electron chi connectivity index (χ1n) is 10.1. The smallest absolute Gasteiger partial charge is 0.249 e. The number of hydrogen-bond donors (Lipinski definition) is 2. The molecule has 0 saturated heterocycles. The van der Waals surface area contributed by atoms with Gasteiger partial charge in [-0.2, -0.15) is 0 Å². The third-order valence-corrected chi connectivity index (χ3v) is 5.39.